The summed E-state index contributed by atoms with van der Waals surface area (Å²) in [5.74, 6) is -4.04. The molecule has 0 amide bonds. The molecule has 26 nitrogen and oxygen atoms in total. The van der Waals surface area contributed by atoms with Crippen LogP contribution in [-0.4, -0.2) is 174 Å². The molecule has 29 heteroatoms. The van der Waals surface area contributed by atoms with Gasteiger partial charge in [0.1, 0.15) is 60.2 Å². The molecule has 0 bridgehead atoms. The van der Waals surface area contributed by atoms with Crippen molar-refractivity contribution >= 4 is 76.9 Å². The highest BCUT2D eigenvalue weighted by Gasteiger charge is 2.50. The Balaban J connectivity index is 1.25. The average molecular weight is 895 g/mol. The second-order valence-corrected chi connectivity index (χ2v) is 22.5. The van der Waals surface area contributed by atoms with Crippen molar-refractivity contribution in [3.63, 3.8) is 0 Å². The molecule has 2 saturated heterocycles. The smallest absolute Gasteiger partial charge is 0.418 e. The molecular weight excluding hydrogens is 849 g/mol. The third-order valence-corrected chi connectivity index (χ3v) is 18.1. The number of fused-ring (bicyclic) bond motifs is 2. The van der Waals surface area contributed by atoms with Crippen molar-refractivity contribution in [1.29, 1.82) is 0 Å². The van der Waals surface area contributed by atoms with Crippen molar-refractivity contribution < 1.29 is 65.4 Å². The predicted octanol–water partition coefficient (Wildman–Crippen LogP) is -3.35. The molecule has 0 aliphatic carbocycles. The van der Waals surface area contributed by atoms with Crippen LogP contribution in [0.4, 0.5) is 11.6 Å². The summed E-state index contributed by atoms with van der Waals surface area (Å²) in [7, 11) is -11.4. The first-order valence-corrected chi connectivity index (χ1v) is 23.6. The van der Waals surface area contributed by atoms with E-state index in [2.05, 4.69) is 29.9 Å². The Kier molecular flexibility index (Phi) is 12.9. The van der Waals surface area contributed by atoms with Crippen molar-refractivity contribution in [2.45, 2.75) is 74.0 Å². The van der Waals surface area contributed by atoms with E-state index in [1.54, 1.807) is 0 Å². The van der Waals surface area contributed by atoms with Crippen LogP contribution in [0.3, 0.4) is 0 Å². The van der Waals surface area contributed by atoms with Gasteiger partial charge in [-0.1, -0.05) is 0 Å². The molecular formula is C30H46N12O14S3. The molecule has 0 aromatic carbocycles. The monoisotopic (exact) mass is 894 g/mol. The number of hydrogen-bond donors (Lipinski definition) is 10. The summed E-state index contributed by atoms with van der Waals surface area (Å²) in [5, 5.41) is 63.5. The fourth-order valence-corrected chi connectivity index (χ4v) is 15.0. The van der Waals surface area contributed by atoms with Crippen LogP contribution in [0.15, 0.2) is 25.3 Å². The van der Waals surface area contributed by atoms with Crippen molar-refractivity contribution in [2.75, 3.05) is 47.0 Å². The van der Waals surface area contributed by atoms with Crippen LogP contribution in [0, 0.1) is 0 Å². The molecule has 6 rings (SSSR count). The van der Waals surface area contributed by atoms with E-state index in [-0.39, 0.29) is 58.3 Å². The molecule has 0 radical (unpaired) electrons. The molecule has 4 aromatic rings. The third-order valence-electron chi connectivity index (χ3n) is 9.88. The maximum Gasteiger partial charge on any atom is 0.418 e. The van der Waals surface area contributed by atoms with E-state index in [0.717, 1.165) is 12.7 Å². The molecule has 4 aromatic heterocycles. The molecule has 59 heavy (non-hydrogen) atoms. The normalized spacial score (nSPS) is 29.2. The lowest BCUT2D eigenvalue weighted by atomic mass is 10.1. The van der Waals surface area contributed by atoms with Gasteiger partial charge >= 0.3 is 22.3 Å². The minimum atomic E-state index is -5.15. The van der Waals surface area contributed by atoms with Crippen LogP contribution in [-0.2, 0) is 36.7 Å². The number of aromatic nitrogens is 8. The van der Waals surface area contributed by atoms with E-state index >= 15 is 0 Å². The first kappa shape index (κ1) is 44.4. The zero-order valence-electron chi connectivity index (χ0n) is 31.4. The predicted molar refractivity (Wildman–Crippen MR) is 209 cm³/mol. The molecule has 12 atom stereocenters. The van der Waals surface area contributed by atoms with E-state index in [9.17, 15) is 48.6 Å². The summed E-state index contributed by atoms with van der Waals surface area (Å²) in [6.45, 7) is 0. The Bertz CT molecular complexity index is 2140. The van der Waals surface area contributed by atoms with Crippen molar-refractivity contribution in [3.05, 3.63) is 25.3 Å². The summed E-state index contributed by atoms with van der Waals surface area (Å²) >= 11 is 0. The lowest BCUT2D eigenvalue weighted by molar-refractivity contribution is -0.139. The highest BCUT2D eigenvalue weighted by Crippen LogP contribution is 2.56. The van der Waals surface area contributed by atoms with E-state index in [0.29, 0.717) is 0 Å². The summed E-state index contributed by atoms with van der Waals surface area (Å²) in [5.41, 5.74) is 24.1. The average Bonchev–Trinajstić information content (AvgIpc) is 3.92. The maximum absolute atomic E-state index is 14.0. The summed E-state index contributed by atoms with van der Waals surface area (Å²) in [6, 6.07) is -2.90. The van der Waals surface area contributed by atoms with E-state index < -0.39 is 116 Å². The van der Waals surface area contributed by atoms with Crippen LogP contribution in [0.1, 0.15) is 25.3 Å². The Morgan fingerprint density at radius 2 is 1.07 bits per heavy atom. The van der Waals surface area contributed by atoms with Gasteiger partial charge < -0.3 is 63.0 Å². The number of imidazole rings is 2. The topological polar surface area (TPSA) is 418 Å². The van der Waals surface area contributed by atoms with Gasteiger partial charge in [0.05, 0.1) is 24.9 Å². The number of nitrogens with zero attached hydrogens (tertiary/aromatic N) is 8. The van der Waals surface area contributed by atoms with Crippen LogP contribution in [0.25, 0.3) is 22.3 Å². The standard InChI is InChI=1S/C30H46N12O14S3/c1-57(5-3-13(31)29(47)48,7-15-19(43)21(45)27(53-15)41-11-39-17-23(33)35-9-37-25(17)41)55-59(51,52)56-58(2,6-4-14(32)30(49)50)8-16-20(44)22(46)28(54-16)42-12-40-18-24(34)36-10-38-26(18)42/h9-16,19-22,27-28,43-46H,3-8,31-32H2,1-2H3,(H,47,48)(H,49,50)(H2,33,35,37)(H2,34,36,38)/t13-,14-,15+,16+,19+,20+,21+,22+,27+,28+/m0/s1. The van der Waals surface area contributed by atoms with Gasteiger partial charge in [-0.15, -0.1) is 20.6 Å². The number of nitrogen functional groups attached to an aromatic ring is 2. The van der Waals surface area contributed by atoms with Gasteiger partial charge in [0.15, 0.2) is 35.4 Å². The van der Waals surface area contributed by atoms with Gasteiger partial charge in [-0.3, -0.25) is 18.7 Å². The summed E-state index contributed by atoms with van der Waals surface area (Å²) in [4.78, 5) is 47.6. The van der Waals surface area contributed by atoms with E-state index in [1.807, 2.05) is 0 Å². The number of carboxylic acid groups (broad SMARTS) is 2. The number of anilines is 2. The van der Waals surface area contributed by atoms with Crippen molar-refractivity contribution in [1.82, 2.24) is 39.0 Å². The van der Waals surface area contributed by atoms with Gasteiger partial charge in [-0.25, -0.2) is 29.9 Å². The fourth-order valence-electron chi connectivity index (χ4n) is 6.70. The SMILES string of the molecule is CS(CC[C@H](N)C(=O)O)(C[C@H]1O[C@@H](n2cnc3c(N)ncnc32)[C@H](O)[C@@H]1O)OS(=O)(=O)OS(C)(CC[C@H](N)C(=O)O)C[C@H]1O[C@@H](n2cnc3c(N)ncnc32)[C@H](O)[C@@H]1O. The number of carbonyl (C=O) groups is 2. The number of rotatable bonds is 18. The molecule has 2 fully saturated rings. The number of nitrogens with two attached hydrogens (primary N) is 4. The zero-order chi connectivity index (χ0) is 43.2. The Labute approximate surface area is 338 Å². The molecule has 0 spiro atoms. The van der Waals surface area contributed by atoms with Crippen molar-refractivity contribution in [3.8, 4) is 0 Å². The first-order chi connectivity index (χ1) is 27.6. The largest absolute Gasteiger partial charge is 0.480 e. The fraction of sp³-hybridized carbons (Fsp3) is 0.600. The molecule has 6 heterocycles. The number of aliphatic hydroxyl groups is 4. The molecule has 2 aliphatic heterocycles. The van der Waals surface area contributed by atoms with Crippen LogP contribution in [0.5, 0.6) is 0 Å². The molecule has 2 unspecified atom stereocenters. The first-order valence-electron chi connectivity index (χ1n) is 17.6. The Morgan fingerprint density at radius 1 is 0.695 bits per heavy atom. The maximum atomic E-state index is 14.0. The molecule has 0 saturated carbocycles. The number of carboxylic acids is 2. The van der Waals surface area contributed by atoms with Crippen LogP contribution < -0.4 is 22.9 Å². The molecule has 328 valence electrons. The number of hydrogen-bond acceptors (Lipinski definition) is 22. The lowest BCUT2D eigenvalue weighted by Crippen LogP contribution is -2.38. The highest BCUT2D eigenvalue weighted by molar-refractivity contribution is 8.35. The van der Waals surface area contributed by atoms with Gasteiger partial charge in [-0.05, 0) is 25.4 Å². The minimum absolute atomic E-state index is 0.0419. The van der Waals surface area contributed by atoms with Crippen LogP contribution in [0.2, 0.25) is 0 Å². The van der Waals surface area contributed by atoms with E-state index in [4.69, 9.17) is 39.7 Å². The number of aliphatic hydroxyl groups excluding tert-OH is 4. The molecule has 2 aliphatic rings. The summed E-state index contributed by atoms with van der Waals surface area (Å²) in [6.07, 6.45) is -4.68. The van der Waals surface area contributed by atoms with Crippen LogP contribution >= 0.6 is 20.6 Å². The van der Waals surface area contributed by atoms with Gasteiger partial charge in [0.2, 0.25) is 0 Å². The highest BCUT2D eigenvalue weighted by atomic mass is 32.4. The zero-order valence-corrected chi connectivity index (χ0v) is 33.8. The third kappa shape index (κ3) is 9.45. The number of ether oxygens (including phenoxy) is 2. The van der Waals surface area contributed by atoms with Crippen molar-refractivity contribution in [2.24, 2.45) is 11.5 Å². The van der Waals surface area contributed by atoms with E-state index in [1.165, 1.54) is 34.3 Å². The number of aliphatic carboxylic acids is 2. The Morgan fingerprint density at radius 3 is 1.42 bits per heavy atom. The minimum Gasteiger partial charge on any atom is -0.480 e. The van der Waals surface area contributed by atoms with Gasteiger partial charge in [0.25, 0.3) is 0 Å². The quantitative estimate of drug-likeness (QED) is 0.0466. The van der Waals surface area contributed by atoms with Gasteiger partial charge in [0, 0.05) is 23.0 Å². The lowest BCUT2D eigenvalue weighted by Gasteiger charge is -2.40. The molecule has 14 N–H and O–H groups in total. The van der Waals surface area contributed by atoms with Gasteiger partial charge in [-0.2, -0.15) is 15.7 Å². The summed E-state index contributed by atoms with van der Waals surface area (Å²) < 4.78 is 54.3. The second kappa shape index (κ2) is 17.1. The second-order valence-electron chi connectivity index (χ2n) is 14.4. The Hall–Kier alpha value is -4.11.